The Morgan fingerprint density at radius 3 is 2.10 bits per heavy atom. The molecule has 0 aliphatic heterocycles. The fraction of sp³-hybridized carbons (Fsp3) is 0.562. The molecule has 8 heteroatoms. The summed E-state index contributed by atoms with van der Waals surface area (Å²) in [6.07, 6.45) is 11.2. The van der Waals surface area contributed by atoms with Crippen LogP contribution in [-0.2, 0) is 9.59 Å². The van der Waals surface area contributed by atoms with Crippen molar-refractivity contribution in [2.24, 2.45) is 5.92 Å². The number of rotatable bonds is 6. The summed E-state index contributed by atoms with van der Waals surface area (Å²) in [6.45, 7) is 9.71. The van der Waals surface area contributed by atoms with Gasteiger partial charge in [0.1, 0.15) is 11.6 Å². The highest BCUT2D eigenvalue weighted by Crippen LogP contribution is 2.26. The molecule has 0 radical (unpaired) electrons. The van der Waals surface area contributed by atoms with E-state index in [2.05, 4.69) is 17.2 Å². The van der Waals surface area contributed by atoms with Crippen LogP contribution in [0.15, 0.2) is 36.5 Å². The number of nitrogens with zero attached hydrogens (tertiary/aromatic N) is 2. The summed E-state index contributed by atoms with van der Waals surface area (Å²) >= 11 is 0. The quantitative estimate of drug-likeness (QED) is 0.384. The van der Waals surface area contributed by atoms with Crippen LogP contribution in [0, 0.1) is 24.5 Å². The number of hydrogen-bond donors (Lipinski definition) is 1. The first kappa shape index (κ1) is 33.0. The first-order chi connectivity index (χ1) is 19.2. The van der Waals surface area contributed by atoms with Crippen molar-refractivity contribution in [1.82, 2.24) is 15.2 Å². The van der Waals surface area contributed by atoms with E-state index in [1.165, 1.54) is 44.2 Å². The van der Waals surface area contributed by atoms with Gasteiger partial charge in [0.25, 0.3) is 5.91 Å². The molecular formula is C32H45F2N3O3. The lowest BCUT2D eigenvalue weighted by molar-refractivity contribution is -0.123. The average Bonchev–Trinajstić information content (AvgIpc) is 2.97. The van der Waals surface area contributed by atoms with Gasteiger partial charge in [0.15, 0.2) is 0 Å². The van der Waals surface area contributed by atoms with Gasteiger partial charge in [-0.1, -0.05) is 65.0 Å². The Balaban J connectivity index is 0.000000534. The molecule has 1 aromatic carbocycles. The van der Waals surface area contributed by atoms with Gasteiger partial charge in [-0.2, -0.15) is 0 Å². The van der Waals surface area contributed by atoms with Crippen LogP contribution in [0.25, 0.3) is 0 Å². The average molecular weight is 558 g/mol. The molecule has 220 valence electrons. The van der Waals surface area contributed by atoms with E-state index in [0.717, 1.165) is 28.6 Å². The van der Waals surface area contributed by atoms with Crippen molar-refractivity contribution in [1.29, 1.82) is 0 Å². The smallest absolute Gasteiger partial charge is 0.262 e. The van der Waals surface area contributed by atoms with Crippen molar-refractivity contribution in [2.45, 2.75) is 110 Å². The van der Waals surface area contributed by atoms with Crippen molar-refractivity contribution in [3.05, 3.63) is 65.0 Å². The van der Waals surface area contributed by atoms with Crippen LogP contribution in [-0.4, -0.2) is 40.2 Å². The van der Waals surface area contributed by atoms with Gasteiger partial charge in [0.05, 0.1) is 23.4 Å². The fourth-order valence-electron chi connectivity index (χ4n) is 5.20. The van der Waals surface area contributed by atoms with Crippen LogP contribution < -0.4 is 5.32 Å². The second-order valence-electron chi connectivity index (χ2n) is 10.6. The van der Waals surface area contributed by atoms with E-state index in [4.69, 9.17) is 0 Å². The van der Waals surface area contributed by atoms with Gasteiger partial charge in [0.2, 0.25) is 12.3 Å². The lowest BCUT2D eigenvalue weighted by Crippen LogP contribution is -2.46. The standard InChI is InChI=1S/C23H25F2N3O3.C7H14.C2H6/c1-14(16-3-5-17(24)6-4-16)22(30)27-19-7-9-20(10-8-19)28(13-29)23(31)21-11-18(25)12-26-15(21)2;1-7-5-3-2-4-6-7;1-2/h3-6,11-14,19-20H,7-10H2,1-2H3,(H,27,30);7H,2-6H2,1H3;1-2H3. The highest BCUT2D eigenvalue weighted by molar-refractivity contribution is 6.00. The summed E-state index contributed by atoms with van der Waals surface area (Å²) in [6, 6.07) is 6.52. The monoisotopic (exact) mass is 557 g/mol. The number of imide groups is 1. The molecule has 2 aromatic rings. The van der Waals surface area contributed by atoms with Crippen molar-refractivity contribution in [3.8, 4) is 0 Å². The molecule has 4 rings (SSSR count). The van der Waals surface area contributed by atoms with E-state index < -0.39 is 17.6 Å². The summed E-state index contributed by atoms with van der Waals surface area (Å²) in [5.74, 6) is -1.10. The predicted molar refractivity (Wildman–Crippen MR) is 154 cm³/mol. The number of nitrogens with one attached hydrogen (secondary N) is 1. The maximum absolute atomic E-state index is 13.5. The predicted octanol–water partition coefficient (Wildman–Crippen LogP) is 7.11. The Morgan fingerprint density at radius 2 is 1.57 bits per heavy atom. The second-order valence-corrected chi connectivity index (χ2v) is 10.6. The van der Waals surface area contributed by atoms with Gasteiger partial charge in [-0.05, 0) is 69.2 Å². The van der Waals surface area contributed by atoms with Gasteiger partial charge in [-0.15, -0.1) is 0 Å². The van der Waals surface area contributed by atoms with Gasteiger partial charge in [-0.3, -0.25) is 24.3 Å². The van der Waals surface area contributed by atoms with E-state index in [9.17, 15) is 23.2 Å². The molecule has 1 atom stereocenters. The second kappa shape index (κ2) is 16.8. The fourth-order valence-corrected chi connectivity index (χ4v) is 5.20. The third kappa shape index (κ3) is 9.79. The minimum absolute atomic E-state index is 0.0654. The molecule has 1 N–H and O–H groups in total. The van der Waals surface area contributed by atoms with E-state index >= 15 is 0 Å². The third-order valence-electron chi connectivity index (χ3n) is 7.73. The third-order valence-corrected chi connectivity index (χ3v) is 7.73. The minimum Gasteiger partial charge on any atom is -0.353 e. The van der Waals surface area contributed by atoms with Crippen LogP contribution in [0.5, 0.6) is 0 Å². The normalized spacial score (nSPS) is 19.6. The Hall–Kier alpha value is -3.16. The summed E-state index contributed by atoms with van der Waals surface area (Å²) in [7, 11) is 0. The highest BCUT2D eigenvalue weighted by atomic mass is 19.1. The number of halogens is 2. The molecule has 40 heavy (non-hydrogen) atoms. The van der Waals surface area contributed by atoms with Crippen molar-refractivity contribution in [3.63, 3.8) is 0 Å². The van der Waals surface area contributed by atoms with Gasteiger partial charge in [0, 0.05) is 12.1 Å². The van der Waals surface area contributed by atoms with Crippen LogP contribution in [0.2, 0.25) is 0 Å². The minimum atomic E-state index is -0.638. The topological polar surface area (TPSA) is 79.4 Å². The SMILES string of the molecule is CC.CC1CCCCC1.Cc1ncc(F)cc1C(=O)N(C=O)C1CCC(NC(=O)C(C)c2ccc(F)cc2)CC1. The van der Waals surface area contributed by atoms with Crippen molar-refractivity contribution >= 4 is 18.2 Å². The van der Waals surface area contributed by atoms with Crippen LogP contribution in [0.3, 0.4) is 0 Å². The summed E-state index contributed by atoms with van der Waals surface area (Å²) < 4.78 is 26.6. The summed E-state index contributed by atoms with van der Waals surface area (Å²) in [4.78, 5) is 41.9. The number of amides is 3. The van der Waals surface area contributed by atoms with E-state index in [1.54, 1.807) is 26.0 Å². The Labute approximate surface area is 237 Å². The van der Waals surface area contributed by atoms with Crippen LogP contribution >= 0.6 is 0 Å². The first-order valence-electron chi connectivity index (χ1n) is 14.7. The number of hydrogen-bond acceptors (Lipinski definition) is 4. The maximum Gasteiger partial charge on any atom is 0.262 e. The van der Waals surface area contributed by atoms with E-state index in [-0.39, 0.29) is 29.4 Å². The molecule has 1 unspecified atom stereocenters. The lowest BCUT2D eigenvalue weighted by Gasteiger charge is -2.34. The zero-order chi connectivity index (χ0) is 29.7. The molecule has 6 nitrogen and oxygen atoms in total. The molecule has 0 saturated heterocycles. The van der Waals surface area contributed by atoms with Gasteiger partial charge in [-0.25, -0.2) is 8.78 Å². The number of carbonyl (C=O) groups is 3. The van der Waals surface area contributed by atoms with Gasteiger partial charge < -0.3 is 5.32 Å². The van der Waals surface area contributed by atoms with E-state index in [0.29, 0.717) is 37.8 Å². The number of pyridine rings is 1. The molecule has 1 aromatic heterocycles. The van der Waals surface area contributed by atoms with Crippen molar-refractivity contribution in [2.75, 3.05) is 0 Å². The van der Waals surface area contributed by atoms with Crippen molar-refractivity contribution < 1.29 is 23.2 Å². The number of aromatic nitrogens is 1. The Kier molecular flexibility index (Phi) is 13.9. The zero-order valence-electron chi connectivity index (χ0n) is 24.6. The van der Waals surface area contributed by atoms with Crippen LogP contribution in [0.4, 0.5) is 8.78 Å². The summed E-state index contributed by atoms with van der Waals surface area (Å²) in [5, 5.41) is 3.00. The zero-order valence-corrected chi connectivity index (χ0v) is 24.6. The molecule has 3 amide bonds. The van der Waals surface area contributed by atoms with Gasteiger partial charge >= 0.3 is 0 Å². The molecule has 0 bridgehead atoms. The van der Waals surface area contributed by atoms with Crippen LogP contribution in [0.1, 0.15) is 113 Å². The summed E-state index contributed by atoms with van der Waals surface area (Å²) in [5.41, 5.74) is 1.15. The molecule has 2 aliphatic rings. The highest BCUT2D eigenvalue weighted by Gasteiger charge is 2.31. The lowest BCUT2D eigenvalue weighted by atomic mass is 9.89. The largest absolute Gasteiger partial charge is 0.353 e. The Morgan fingerprint density at radius 1 is 0.975 bits per heavy atom. The molecule has 1 heterocycles. The Bertz CT molecular complexity index is 1080. The van der Waals surface area contributed by atoms with E-state index in [1.807, 2.05) is 13.8 Å². The molecular weight excluding hydrogens is 512 g/mol. The molecule has 2 saturated carbocycles. The molecule has 2 aliphatic carbocycles. The maximum atomic E-state index is 13.5. The first-order valence-corrected chi connectivity index (χ1v) is 14.7. The number of benzene rings is 1. The number of carbonyl (C=O) groups excluding carboxylic acids is 3. The molecule has 0 spiro atoms. The molecule has 2 fully saturated rings. The number of aryl methyl sites for hydroxylation is 1.